The van der Waals surface area contributed by atoms with E-state index >= 15 is 0 Å². The van der Waals surface area contributed by atoms with Crippen molar-refractivity contribution in [2.24, 2.45) is 0 Å². The summed E-state index contributed by atoms with van der Waals surface area (Å²) in [6, 6.07) is 5.70. The monoisotopic (exact) mass is 280 g/mol. The maximum Gasteiger partial charge on any atom is 0.198 e. The van der Waals surface area contributed by atoms with Gasteiger partial charge in [-0.2, -0.15) is 0 Å². The molecule has 0 aliphatic carbocycles. The highest BCUT2D eigenvalue weighted by atomic mass is 32.2. The molecule has 0 N–H and O–H groups in total. The van der Waals surface area contributed by atoms with E-state index in [0.717, 1.165) is 17.2 Å². The molecule has 1 aliphatic heterocycles. The molecule has 0 radical (unpaired) electrons. The van der Waals surface area contributed by atoms with Gasteiger partial charge in [0.25, 0.3) is 0 Å². The second-order valence-corrected chi connectivity index (χ2v) is 7.19. The van der Waals surface area contributed by atoms with E-state index in [1.807, 2.05) is 28.8 Å². The molecule has 1 aliphatic rings. The maximum atomic E-state index is 11.5. The highest BCUT2D eigenvalue weighted by molar-refractivity contribution is 7.91. The van der Waals surface area contributed by atoms with Crippen LogP contribution in [0.4, 0.5) is 0 Å². The Balaban J connectivity index is 1.94. The Hall–Kier alpha value is -1.56. The summed E-state index contributed by atoms with van der Waals surface area (Å²) in [6.07, 6.45) is 3.28. The van der Waals surface area contributed by atoms with Crippen molar-refractivity contribution < 1.29 is 13.2 Å². The molecule has 0 bridgehead atoms. The fourth-order valence-corrected chi connectivity index (χ4v) is 4.04. The van der Waals surface area contributed by atoms with Crippen LogP contribution in [-0.4, -0.2) is 36.4 Å². The third kappa shape index (κ3) is 2.32. The number of methoxy groups -OCH3 is 1. The predicted molar refractivity (Wildman–Crippen MR) is 72.4 cm³/mol. The zero-order valence-electron chi connectivity index (χ0n) is 10.7. The summed E-state index contributed by atoms with van der Waals surface area (Å²) in [5.41, 5.74) is 1.79. The molecule has 0 aromatic carbocycles. The van der Waals surface area contributed by atoms with Crippen molar-refractivity contribution in [2.45, 2.75) is 18.8 Å². The van der Waals surface area contributed by atoms with Gasteiger partial charge in [0, 0.05) is 12.1 Å². The predicted octanol–water partition coefficient (Wildman–Crippen LogP) is 1.64. The first-order chi connectivity index (χ1) is 9.09. The highest BCUT2D eigenvalue weighted by Crippen LogP contribution is 2.29. The molecule has 2 aromatic heterocycles. The van der Waals surface area contributed by atoms with Gasteiger partial charge in [0.2, 0.25) is 0 Å². The number of pyridine rings is 1. The molecule has 0 spiro atoms. The first-order valence-electron chi connectivity index (χ1n) is 6.31. The average Bonchev–Trinajstić information content (AvgIpc) is 2.82. The molecule has 0 unspecified atom stereocenters. The van der Waals surface area contributed by atoms with E-state index in [1.165, 1.54) is 0 Å². The van der Waals surface area contributed by atoms with E-state index in [4.69, 9.17) is 4.74 Å². The van der Waals surface area contributed by atoms with E-state index in [-0.39, 0.29) is 17.4 Å². The normalized spacial score (nSPS) is 19.6. The Morgan fingerprint density at radius 2 is 2.05 bits per heavy atom. The van der Waals surface area contributed by atoms with Crippen LogP contribution in [-0.2, 0) is 9.84 Å². The van der Waals surface area contributed by atoms with Crippen molar-refractivity contribution in [1.82, 2.24) is 9.38 Å². The van der Waals surface area contributed by atoms with Crippen molar-refractivity contribution in [3.8, 4) is 5.88 Å². The number of hydrogen-bond donors (Lipinski definition) is 0. The summed E-state index contributed by atoms with van der Waals surface area (Å²) < 4.78 is 30.1. The van der Waals surface area contributed by atoms with E-state index in [0.29, 0.717) is 12.8 Å². The number of sulfone groups is 1. The zero-order valence-corrected chi connectivity index (χ0v) is 11.6. The Bertz CT molecular complexity index is 692. The van der Waals surface area contributed by atoms with Gasteiger partial charge in [-0.3, -0.25) is 4.40 Å². The van der Waals surface area contributed by atoms with Crippen LogP contribution in [0.15, 0.2) is 24.4 Å². The fourth-order valence-electron chi connectivity index (χ4n) is 2.55. The molecule has 0 atom stereocenters. The summed E-state index contributed by atoms with van der Waals surface area (Å²) >= 11 is 0. The molecule has 3 rings (SSSR count). The molecule has 3 heterocycles. The number of hydrogen-bond acceptors (Lipinski definition) is 4. The lowest BCUT2D eigenvalue weighted by Gasteiger charge is -2.19. The summed E-state index contributed by atoms with van der Waals surface area (Å²) in [4.78, 5) is 4.58. The molecule has 1 saturated heterocycles. The van der Waals surface area contributed by atoms with Crippen LogP contribution in [0.25, 0.3) is 5.65 Å². The topological polar surface area (TPSA) is 60.7 Å². The summed E-state index contributed by atoms with van der Waals surface area (Å²) in [5.74, 6) is 1.50. The molecule has 102 valence electrons. The van der Waals surface area contributed by atoms with Crippen molar-refractivity contribution in [3.63, 3.8) is 0 Å². The number of aromatic nitrogens is 2. The lowest BCUT2D eigenvalue weighted by atomic mass is 10.00. The summed E-state index contributed by atoms with van der Waals surface area (Å²) in [5, 5.41) is 0. The van der Waals surface area contributed by atoms with E-state index in [2.05, 4.69) is 4.98 Å². The number of ether oxygens (including phenoxy) is 1. The van der Waals surface area contributed by atoms with Gasteiger partial charge < -0.3 is 4.74 Å². The first-order valence-corrected chi connectivity index (χ1v) is 8.13. The third-order valence-corrected chi connectivity index (χ3v) is 5.37. The van der Waals surface area contributed by atoms with Crippen molar-refractivity contribution in [2.75, 3.05) is 18.6 Å². The molecule has 19 heavy (non-hydrogen) atoms. The van der Waals surface area contributed by atoms with Gasteiger partial charge in [-0.1, -0.05) is 6.07 Å². The largest absolute Gasteiger partial charge is 0.482 e. The zero-order chi connectivity index (χ0) is 13.5. The first kappa shape index (κ1) is 12.5. The van der Waals surface area contributed by atoms with Gasteiger partial charge in [0.1, 0.15) is 15.5 Å². The molecule has 0 amide bonds. The molecule has 5 nitrogen and oxygen atoms in total. The van der Waals surface area contributed by atoms with Gasteiger partial charge in [0.05, 0.1) is 24.3 Å². The lowest BCUT2D eigenvalue weighted by molar-refractivity contribution is 0.392. The number of imidazole rings is 1. The van der Waals surface area contributed by atoms with Crippen LogP contribution in [0.1, 0.15) is 24.5 Å². The molecule has 6 heteroatoms. The van der Waals surface area contributed by atoms with Crippen LogP contribution >= 0.6 is 0 Å². The number of fused-ring (bicyclic) bond motifs is 1. The van der Waals surface area contributed by atoms with Crippen LogP contribution in [0.3, 0.4) is 0 Å². The van der Waals surface area contributed by atoms with Crippen LogP contribution < -0.4 is 4.74 Å². The van der Waals surface area contributed by atoms with Crippen molar-refractivity contribution >= 4 is 15.5 Å². The minimum atomic E-state index is -2.83. The Morgan fingerprint density at radius 3 is 2.74 bits per heavy atom. The second kappa shape index (κ2) is 4.52. The smallest absolute Gasteiger partial charge is 0.198 e. The summed E-state index contributed by atoms with van der Waals surface area (Å²) in [6.45, 7) is 0. The quantitative estimate of drug-likeness (QED) is 0.839. The van der Waals surface area contributed by atoms with Crippen LogP contribution in [0.5, 0.6) is 5.88 Å². The van der Waals surface area contributed by atoms with Crippen LogP contribution in [0.2, 0.25) is 0 Å². The molecule has 2 aromatic rings. The molecule has 0 saturated carbocycles. The Labute approximate surface area is 112 Å². The standard InChI is InChI=1S/C13H16N2O3S/c1-18-13-4-2-3-12-14-11(9-15(12)13)10-5-7-19(16,17)8-6-10/h2-4,9-10H,5-8H2,1H3. The van der Waals surface area contributed by atoms with E-state index < -0.39 is 9.84 Å². The average molecular weight is 280 g/mol. The van der Waals surface area contributed by atoms with E-state index in [1.54, 1.807) is 7.11 Å². The van der Waals surface area contributed by atoms with Gasteiger partial charge in [-0.05, 0) is 25.0 Å². The SMILES string of the molecule is COc1cccc2nc(C3CCS(=O)(=O)CC3)cn12. The van der Waals surface area contributed by atoms with E-state index in [9.17, 15) is 8.42 Å². The lowest BCUT2D eigenvalue weighted by Crippen LogP contribution is -2.22. The Morgan fingerprint density at radius 1 is 1.32 bits per heavy atom. The van der Waals surface area contributed by atoms with Crippen molar-refractivity contribution in [3.05, 3.63) is 30.1 Å². The number of rotatable bonds is 2. The minimum Gasteiger partial charge on any atom is -0.482 e. The molecular weight excluding hydrogens is 264 g/mol. The maximum absolute atomic E-state index is 11.5. The van der Waals surface area contributed by atoms with Gasteiger partial charge in [-0.25, -0.2) is 13.4 Å². The van der Waals surface area contributed by atoms with Crippen LogP contribution in [0, 0.1) is 0 Å². The second-order valence-electron chi connectivity index (χ2n) is 4.89. The molecular formula is C13H16N2O3S. The Kier molecular flexibility index (Phi) is 2.97. The molecule has 1 fully saturated rings. The highest BCUT2D eigenvalue weighted by Gasteiger charge is 2.26. The minimum absolute atomic E-state index is 0.230. The third-order valence-electron chi connectivity index (χ3n) is 3.66. The fraction of sp³-hybridized carbons (Fsp3) is 0.462. The van der Waals surface area contributed by atoms with Gasteiger partial charge >= 0.3 is 0 Å². The van der Waals surface area contributed by atoms with Crippen molar-refractivity contribution in [1.29, 1.82) is 0 Å². The summed E-state index contributed by atoms with van der Waals surface area (Å²) in [7, 11) is -1.20. The number of nitrogens with zero attached hydrogens (tertiary/aromatic N) is 2. The van der Waals surface area contributed by atoms with Gasteiger partial charge in [0.15, 0.2) is 5.88 Å². The van der Waals surface area contributed by atoms with Gasteiger partial charge in [-0.15, -0.1) is 0 Å².